The van der Waals surface area contributed by atoms with E-state index in [1.807, 2.05) is 0 Å². The maximum absolute atomic E-state index is 11.8. The summed E-state index contributed by atoms with van der Waals surface area (Å²) in [5.74, 6) is -1.75. The van der Waals surface area contributed by atoms with Gasteiger partial charge in [0.15, 0.2) is 6.67 Å². The molecule has 0 aromatic carbocycles. The van der Waals surface area contributed by atoms with Gasteiger partial charge < -0.3 is 0 Å². The van der Waals surface area contributed by atoms with Gasteiger partial charge in [-0.2, -0.15) is 26.3 Å². The Labute approximate surface area is 157 Å². The van der Waals surface area contributed by atoms with Crippen molar-refractivity contribution >= 4 is 0 Å². The molecule has 1 unspecified atom stereocenters. The lowest BCUT2D eigenvalue weighted by Crippen LogP contribution is -2.24. The maximum atomic E-state index is 11.8. The molecule has 0 aliphatic carbocycles. The summed E-state index contributed by atoms with van der Waals surface area (Å²) in [7, 11) is 0. The van der Waals surface area contributed by atoms with Crippen molar-refractivity contribution in [3.05, 3.63) is 0 Å². The fraction of sp³-hybridized carbons (Fsp3) is 1.00. The number of rotatable bonds is 4. The smallest absolute Gasteiger partial charge is 0.250 e. The summed E-state index contributed by atoms with van der Waals surface area (Å²) in [6, 6.07) is 0. The van der Waals surface area contributed by atoms with Gasteiger partial charge in [0.2, 0.25) is 27.7 Å². The molecule has 16 heteroatoms. The molecule has 0 heterocycles. The minimum Gasteiger partial charge on any atom is -0.250 e. The van der Waals surface area contributed by atoms with Gasteiger partial charge in [0.1, 0.15) is 6.67 Å². The average molecular weight is 482 g/mol. The molecule has 0 saturated carbocycles. The van der Waals surface area contributed by atoms with Crippen LogP contribution in [0.5, 0.6) is 0 Å². The third-order valence-electron chi connectivity index (χ3n) is 1.71. The predicted octanol–water partition coefficient (Wildman–Crippen LogP) is 8.37. The molecular weight excluding hydrogens is 460 g/mol. The maximum Gasteiger partial charge on any atom is 0.416 e. The summed E-state index contributed by atoms with van der Waals surface area (Å²) in [5.41, 5.74) is 0. The van der Waals surface area contributed by atoms with Gasteiger partial charge in [-0.05, 0) is 6.42 Å². The first-order chi connectivity index (χ1) is 13.2. The van der Waals surface area contributed by atoms with Gasteiger partial charge in [0.25, 0.3) is 0 Å². The second-order valence-electron chi connectivity index (χ2n) is 3.69. The van der Waals surface area contributed by atoms with Crippen LogP contribution < -0.4 is 0 Å². The van der Waals surface area contributed by atoms with Crippen LogP contribution in [-0.4, -0.2) is 53.4 Å². The molecule has 0 saturated heterocycles. The molecule has 0 N–H and O–H groups in total. The van der Waals surface area contributed by atoms with Crippen molar-refractivity contribution in [1.29, 1.82) is 0 Å². The molecule has 0 radical (unpaired) electrons. The summed E-state index contributed by atoms with van der Waals surface area (Å²) in [5, 5.41) is 0. The molecule has 29 heavy (non-hydrogen) atoms. The fourth-order valence-electron chi connectivity index (χ4n) is 0.779. The zero-order valence-electron chi connectivity index (χ0n) is 15.0. The Hall–Kier alpha value is -1.12. The highest BCUT2D eigenvalue weighted by atomic mass is 19.4. The van der Waals surface area contributed by atoms with Gasteiger partial charge in [-0.15, -0.1) is 0 Å². The summed E-state index contributed by atoms with van der Waals surface area (Å²) >= 11 is 0. The van der Waals surface area contributed by atoms with E-state index in [2.05, 4.69) is 0 Å². The Kier molecular flexibility index (Phi) is 49.9. The Morgan fingerprint density at radius 2 is 0.828 bits per heavy atom. The van der Waals surface area contributed by atoms with Crippen LogP contribution in [0, 0.1) is 5.92 Å². The molecule has 0 aromatic heterocycles. The Balaban J connectivity index is -0.0000000621. The van der Waals surface area contributed by atoms with Crippen molar-refractivity contribution in [1.82, 2.24) is 0 Å². The van der Waals surface area contributed by atoms with E-state index in [0.717, 1.165) is 0 Å². The Morgan fingerprint density at radius 3 is 0.931 bits per heavy atom. The lowest BCUT2D eigenvalue weighted by Gasteiger charge is -2.15. The van der Waals surface area contributed by atoms with Gasteiger partial charge in [-0.25, -0.2) is 39.5 Å². The lowest BCUT2D eigenvalue weighted by atomic mass is 10.0. The Morgan fingerprint density at radius 1 is 0.586 bits per heavy atom. The standard InChI is InChI=1S/C7H12F4.C2H2F4.4CH2F2/c1-2-3-4-6(5-8)7(9,10)11;3-1-2(4,5)6;4*2-1-3/h6H,2-5H2,1H3;1H2;4*1H2. The highest BCUT2D eigenvalue weighted by molar-refractivity contribution is 4.65. The number of halogens is 16. The topological polar surface area (TPSA) is 0 Å². The summed E-state index contributed by atoms with van der Waals surface area (Å²) in [6.07, 6.45) is -7.96. The second kappa shape index (κ2) is 34.4. The normalized spacial score (nSPS) is 10.7. The highest BCUT2D eigenvalue weighted by Gasteiger charge is 2.38. The van der Waals surface area contributed by atoms with Crippen LogP contribution >= 0.6 is 0 Å². The quantitative estimate of drug-likeness (QED) is 0.353. The van der Waals surface area contributed by atoms with Gasteiger partial charge in [0.05, 0.1) is 5.92 Å². The van der Waals surface area contributed by atoms with E-state index in [1.54, 1.807) is 6.92 Å². The van der Waals surface area contributed by atoms with Crippen LogP contribution in [0.2, 0.25) is 0 Å². The molecule has 0 aromatic rings. The van der Waals surface area contributed by atoms with Gasteiger partial charge >= 0.3 is 12.4 Å². The fourth-order valence-corrected chi connectivity index (χ4v) is 0.779. The second-order valence-corrected chi connectivity index (χ2v) is 3.69. The van der Waals surface area contributed by atoms with Crippen LogP contribution in [0.3, 0.4) is 0 Å². The molecule has 0 rings (SSSR count). The molecule has 0 bridgehead atoms. The van der Waals surface area contributed by atoms with E-state index in [9.17, 15) is 70.2 Å². The number of hydrogen-bond donors (Lipinski definition) is 0. The van der Waals surface area contributed by atoms with Gasteiger partial charge in [-0.3, -0.25) is 4.39 Å². The molecule has 0 amide bonds. The summed E-state index contributed by atoms with van der Waals surface area (Å²) < 4.78 is 166. The third-order valence-corrected chi connectivity index (χ3v) is 1.71. The molecule has 186 valence electrons. The highest BCUT2D eigenvalue weighted by Crippen LogP contribution is 2.30. The van der Waals surface area contributed by atoms with E-state index in [0.29, 0.717) is 12.8 Å². The Bertz CT molecular complexity index is 222. The van der Waals surface area contributed by atoms with Crippen molar-refractivity contribution in [3.8, 4) is 0 Å². The van der Waals surface area contributed by atoms with Crippen molar-refractivity contribution in [2.45, 2.75) is 38.5 Å². The predicted molar refractivity (Wildman–Crippen MR) is 75.4 cm³/mol. The van der Waals surface area contributed by atoms with Crippen LogP contribution in [0.25, 0.3) is 0 Å². The first kappa shape index (κ1) is 42.1. The molecule has 0 aliphatic rings. The van der Waals surface area contributed by atoms with E-state index in [-0.39, 0.29) is 6.42 Å². The van der Waals surface area contributed by atoms with Crippen LogP contribution in [0.15, 0.2) is 0 Å². The van der Waals surface area contributed by atoms with Gasteiger partial charge in [-0.1, -0.05) is 19.8 Å². The lowest BCUT2D eigenvalue weighted by molar-refractivity contribution is -0.180. The minimum absolute atomic E-state index is 0.0868. The first-order valence-electron chi connectivity index (χ1n) is 6.97. The van der Waals surface area contributed by atoms with E-state index in [1.165, 1.54) is 0 Å². The molecule has 1 atom stereocenters. The largest absolute Gasteiger partial charge is 0.416 e. The number of alkyl halides is 16. The summed E-state index contributed by atoms with van der Waals surface area (Å²) in [6.45, 7) is -8.73. The summed E-state index contributed by atoms with van der Waals surface area (Å²) in [4.78, 5) is 0. The monoisotopic (exact) mass is 482 g/mol. The molecule has 0 nitrogen and oxygen atoms in total. The zero-order chi connectivity index (χ0) is 24.9. The van der Waals surface area contributed by atoms with E-state index < -0.39 is 59.3 Å². The molecular formula is C13H22F16. The number of unbranched alkanes of at least 4 members (excludes halogenated alkanes) is 1. The van der Waals surface area contributed by atoms with Crippen molar-refractivity contribution in [2.24, 2.45) is 5.92 Å². The van der Waals surface area contributed by atoms with Crippen LogP contribution in [-0.2, 0) is 0 Å². The van der Waals surface area contributed by atoms with Crippen LogP contribution in [0.4, 0.5) is 70.2 Å². The minimum atomic E-state index is -4.62. The van der Waals surface area contributed by atoms with E-state index >= 15 is 0 Å². The molecule has 0 fully saturated rings. The van der Waals surface area contributed by atoms with Gasteiger partial charge in [0, 0.05) is 0 Å². The average Bonchev–Trinajstić information content (AvgIpc) is 2.57. The molecule has 0 aliphatic heterocycles. The van der Waals surface area contributed by atoms with Crippen molar-refractivity contribution < 1.29 is 70.2 Å². The molecule has 0 spiro atoms. The first-order valence-corrected chi connectivity index (χ1v) is 6.97. The van der Waals surface area contributed by atoms with Crippen molar-refractivity contribution in [3.63, 3.8) is 0 Å². The van der Waals surface area contributed by atoms with Crippen LogP contribution in [0.1, 0.15) is 26.2 Å². The van der Waals surface area contributed by atoms with E-state index in [4.69, 9.17) is 0 Å². The number of hydrogen-bond acceptors (Lipinski definition) is 0. The zero-order valence-corrected chi connectivity index (χ0v) is 15.0. The third kappa shape index (κ3) is 86.4. The van der Waals surface area contributed by atoms with Crippen molar-refractivity contribution in [2.75, 3.05) is 41.1 Å². The SMILES string of the molecule is CCCCC(CF)C(F)(F)F.FCC(F)(F)F.FCF.FCF.FCF.FCF.